The van der Waals surface area contributed by atoms with Gasteiger partial charge in [0.15, 0.2) is 0 Å². The van der Waals surface area contributed by atoms with Crippen LogP contribution in [0.15, 0.2) is 0 Å². The van der Waals surface area contributed by atoms with Crippen LogP contribution in [-0.4, -0.2) is 47.2 Å². The van der Waals surface area contributed by atoms with E-state index >= 15 is 0 Å². The topological polar surface area (TPSA) is 52.6 Å². The number of hydrogen-bond donors (Lipinski definition) is 2. The molecular weight excluding hydrogens is 216 g/mol. The van der Waals surface area contributed by atoms with E-state index in [9.17, 15) is 9.90 Å². The number of carbonyl (C=O) groups is 1. The first-order valence-corrected chi connectivity index (χ1v) is 6.85. The molecule has 4 nitrogen and oxygen atoms in total. The smallest absolute Gasteiger partial charge is 0.240 e. The molecule has 4 heteroatoms. The van der Waals surface area contributed by atoms with Gasteiger partial charge in [-0.3, -0.25) is 4.79 Å². The molecule has 2 atom stereocenters. The average Bonchev–Trinajstić information content (AvgIpc) is 3.08. The summed E-state index contributed by atoms with van der Waals surface area (Å²) in [6.45, 7) is 4.20. The third-order valence-electron chi connectivity index (χ3n) is 4.61. The number of rotatable bonds is 2. The summed E-state index contributed by atoms with van der Waals surface area (Å²) in [5.41, 5.74) is -0.548. The highest BCUT2D eigenvalue weighted by atomic mass is 16.3. The number of piperidine rings is 1. The normalized spacial score (nSPS) is 36.5. The quantitative estimate of drug-likeness (QED) is 0.730. The Balaban J connectivity index is 1.57. The largest absolute Gasteiger partial charge is 0.386 e. The van der Waals surface area contributed by atoms with Crippen LogP contribution in [0, 0.1) is 11.8 Å². The minimum absolute atomic E-state index is 0.0208. The van der Waals surface area contributed by atoms with Crippen LogP contribution in [0.4, 0.5) is 0 Å². The van der Waals surface area contributed by atoms with Crippen LogP contribution in [0.25, 0.3) is 0 Å². The van der Waals surface area contributed by atoms with Crippen LogP contribution >= 0.6 is 0 Å². The Kier molecular flexibility index (Phi) is 2.67. The highest BCUT2D eigenvalue weighted by Crippen LogP contribution is 2.44. The van der Waals surface area contributed by atoms with Crippen molar-refractivity contribution in [2.24, 2.45) is 11.8 Å². The molecule has 2 unspecified atom stereocenters. The van der Waals surface area contributed by atoms with Crippen molar-refractivity contribution in [1.29, 1.82) is 0 Å². The van der Waals surface area contributed by atoms with Gasteiger partial charge in [0.2, 0.25) is 5.91 Å². The summed E-state index contributed by atoms with van der Waals surface area (Å²) in [6.07, 6.45) is 4.56. The minimum Gasteiger partial charge on any atom is -0.386 e. The van der Waals surface area contributed by atoms with Crippen molar-refractivity contribution in [3.05, 3.63) is 0 Å². The van der Waals surface area contributed by atoms with Gasteiger partial charge in [0.1, 0.15) is 5.60 Å². The van der Waals surface area contributed by atoms with Crippen LogP contribution < -0.4 is 5.32 Å². The van der Waals surface area contributed by atoms with E-state index in [4.69, 9.17) is 0 Å². The molecule has 17 heavy (non-hydrogen) atoms. The Morgan fingerprint density at radius 3 is 2.65 bits per heavy atom. The van der Waals surface area contributed by atoms with Crippen LogP contribution in [0.2, 0.25) is 0 Å². The van der Waals surface area contributed by atoms with E-state index in [0.29, 0.717) is 24.9 Å². The molecule has 1 aliphatic carbocycles. The second kappa shape index (κ2) is 3.95. The summed E-state index contributed by atoms with van der Waals surface area (Å²) < 4.78 is 0. The third-order valence-corrected chi connectivity index (χ3v) is 4.61. The zero-order chi connectivity index (χ0) is 12.0. The summed E-state index contributed by atoms with van der Waals surface area (Å²) in [4.78, 5) is 14.1. The number of nitrogens with one attached hydrogen (secondary N) is 1. The molecule has 2 aliphatic heterocycles. The van der Waals surface area contributed by atoms with Gasteiger partial charge in [-0.05, 0) is 44.1 Å². The summed E-state index contributed by atoms with van der Waals surface area (Å²) in [7, 11) is 0. The maximum atomic E-state index is 12.3. The monoisotopic (exact) mass is 238 g/mol. The zero-order valence-corrected chi connectivity index (χ0v) is 10.5. The summed E-state index contributed by atoms with van der Waals surface area (Å²) in [6, 6.07) is -0.0208. The first-order chi connectivity index (χ1) is 8.10. The van der Waals surface area contributed by atoms with E-state index in [1.165, 1.54) is 0 Å². The number of hydrogen-bond acceptors (Lipinski definition) is 3. The van der Waals surface area contributed by atoms with Crippen molar-refractivity contribution in [2.75, 3.05) is 19.6 Å². The molecule has 2 saturated heterocycles. The molecule has 0 aromatic rings. The van der Waals surface area contributed by atoms with Gasteiger partial charge in [0.05, 0.1) is 19.1 Å². The summed E-state index contributed by atoms with van der Waals surface area (Å²) in [5, 5.41) is 13.5. The molecule has 3 rings (SSSR count). The highest BCUT2D eigenvalue weighted by molar-refractivity contribution is 5.83. The van der Waals surface area contributed by atoms with Crippen molar-refractivity contribution >= 4 is 5.91 Å². The van der Waals surface area contributed by atoms with Crippen molar-refractivity contribution in [3.63, 3.8) is 0 Å². The van der Waals surface area contributed by atoms with Gasteiger partial charge >= 0.3 is 0 Å². The van der Waals surface area contributed by atoms with Crippen LogP contribution in [0.1, 0.15) is 32.6 Å². The molecular formula is C13H22N2O2. The molecule has 0 spiro atoms. The molecule has 0 bridgehead atoms. The van der Waals surface area contributed by atoms with Gasteiger partial charge in [0.25, 0.3) is 0 Å². The van der Waals surface area contributed by atoms with Crippen molar-refractivity contribution in [3.8, 4) is 0 Å². The number of nitrogens with zero attached hydrogens (tertiary/aromatic N) is 1. The lowest BCUT2D eigenvalue weighted by atomic mass is 9.85. The molecule has 2 N–H and O–H groups in total. The van der Waals surface area contributed by atoms with Crippen molar-refractivity contribution in [1.82, 2.24) is 10.2 Å². The minimum atomic E-state index is -0.548. The Morgan fingerprint density at radius 1 is 1.35 bits per heavy atom. The van der Waals surface area contributed by atoms with Gasteiger partial charge in [-0.2, -0.15) is 0 Å². The Labute approximate surface area is 102 Å². The zero-order valence-electron chi connectivity index (χ0n) is 10.5. The molecule has 0 aromatic heterocycles. The maximum Gasteiger partial charge on any atom is 0.240 e. The molecule has 1 amide bonds. The van der Waals surface area contributed by atoms with Crippen LogP contribution in [0.5, 0.6) is 0 Å². The first kappa shape index (κ1) is 11.5. The third kappa shape index (κ3) is 1.97. The Bertz CT molecular complexity index is 321. The van der Waals surface area contributed by atoms with Gasteiger partial charge in [0, 0.05) is 0 Å². The SMILES string of the molecule is CC1CCCNC1C(=O)N1CC(O)(C2CC2)C1. The highest BCUT2D eigenvalue weighted by Gasteiger charge is 2.54. The molecule has 96 valence electrons. The second-order valence-corrected chi connectivity index (χ2v) is 6.12. The predicted octanol–water partition coefficient (Wildman–Crippen LogP) is 0.358. The lowest BCUT2D eigenvalue weighted by Gasteiger charge is -2.49. The number of likely N-dealkylation sites (tertiary alicyclic amines) is 1. The van der Waals surface area contributed by atoms with E-state index in [0.717, 1.165) is 32.2 Å². The van der Waals surface area contributed by atoms with E-state index in [-0.39, 0.29) is 11.9 Å². The van der Waals surface area contributed by atoms with Crippen molar-refractivity contribution in [2.45, 2.75) is 44.2 Å². The predicted molar refractivity (Wildman–Crippen MR) is 64.4 cm³/mol. The molecule has 3 fully saturated rings. The fraction of sp³-hybridized carbons (Fsp3) is 0.923. The fourth-order valence-electron chi connectivity index (χ4n) is 3.23. The molecule has 0 radical (unpaired) electrons. The maximum absolute atomic E-state index is 12.3. The van der Waals surface area contributed by atoms with E-state index in [1.54, 1.807) is 0 Å². The van der Waals surface area contributed by atoms with Gasteiger partial charge in [-0.1, -0.05) is 6.92 Å². The van der Waals surface area contributed by atoms with Crippen LogP contribution in [-0.2, 0) is 4.79 Å². The van der Waals surface area contributed by atoms with Crippen molar-refractivity contribution < 1.29 is 9.90 Å². The molecule has 3 aliphatic rings. The van der Waals surface area contributed by atoms with E-state index in [2.05, 4.69) is 12.2 Å². The van der Waals surface area contributed by atoms with E-state index < -0.39 is 5.60 Å². The number of carbonyl (C=O) groups excluding carboxylic acids is 1. The average molecular weight is 238 g/mol. The standard InChI is InChI=1S/C13H22N2O2/c1-9-3-2-6-14-11(9)12(16)15-7-13(17,8-15)10-4-5-10/h9-11,14,17H,2-8H2,1H3. The lowest BCUT2D eigenvalue weighted by Crippen LogP contribution is -2.68. The molecule has 2 heterocycles. The Morgan fingerprint density at radius 2 is 2.06 bits per heavy atom. The fourth-order valence-corrected chi connectivity index (χ4v) is 3.23. The van der Waals surface area contributed by atoms with Gasteiger partial charge in [-0.25, -0.2) is 0 Å². The lowest BCUT2D eigenvalue weighted by molar-refractivity contribution is -0.163. The van der Waals surface area contributed by atoms with Gasteiger partial charge < -0.3 is 15.3 Å². The molecule has 1 saturated carbocycles. The number of aliphatic hydroxyl groups is 1. The summed E-state index contributed by atoms with van der Waals surface area (Å²) >= 11 is 0. The second-order valence-electron chi connectivity index (χ2n) is 6.12. The number of β-amino-alcohol motifs (C(OH)–C–C–N with tert-alkyl or cyclic N) is 1. The summed E-state index contributed by atoms with van der Waals surface area (Å²) in [5.74, 6) is 1.08. The van der Waals surface area contributed by atoms with E-state index in [1.807, 2.05) is 4.90 Å². The number of amides is 1. The van der Waals surface area contributed by atoms with Gasteiger partial charge in [-0.15, -0.1) is 0 Å². The first-order valence-electron chi connectivity index (χ1n) is 6.85. The van der Waals surface area contributed by atoms with Crippen LogP contribution in [0.3, 0.4) is 0 Å². The Hall–Kier alpha value is -0.610. The molecule has 0 aromatic carbocycles.